The molecule has 1 rings (SSSR count). The number of pyridine rings is 1. The Morgan fingerprint density at radius 1 is 1.54 bits per heavy atom. The standard InChI is InChI=1S/C8H6F3NO/c1-4-7(9)6(8(10)11)2-5(3-13)12-4/h2-3,8H,1H3. The van der Waals surface area contributed by atoms with E-state index in [1.165, 1.54) is 6.92 Å². The maximum absolute atomic E-state index is 12.9. The molecule has 0 amide bonds. The van der Waals surface area contributed by atoms with Crippen molar-refractivity contribution >= 4 is 6.29 Å². The molecule has 0 fully saturated rings. The highest BCUT2D eigenvalue weighted by atomic mass is 19.3. The number of aromatic nitrogens is 1. The van der Waals surface area contributed by atoms with E-state index in [9.17, 15) is 18.0 Å². The van der Waals surface area contributed by atoms with Gasteiger partial charge >= 0.3 is 0 Å². The van der Waals surface area contributed by atoms with Crippen molar-refractivity contribution in [3.8, 4) is 0 Å². The molecule has 13 heavy (non-hydrogen) atoms. The number of halogens is 3. The molecule has 0 aliphatic rings. The average molecular weight is 189 g/mol. The number of hydrogen-bond acceptors (Lipinski definition) is 2. The van der Waals surface area contributed by atoms with Crippen LogP contribution in [0.4, 0.5) is 13.2 Å². The number of hydrogen-bond donors (Lipinski definition) is 0. The number of carbonyl (C=O) groups excluding carboxylic acids is 1. The van der Waals surface area contributed by atoms with Gasteiger partial charge in [-0.2, -0.15) is 0 Å². The molecule has 2 nitrogen and oxygen atoms in total. The molecule has 0 aliphatic carbocycles. The van der Waals surface area contributed by atoms with E-state index in [1.54, 1.807) is 0 Å². The predicted molar refractivity (Wildman–Crippen MR) is 39.3 cm³/mol. The van der Waals surface area contributed by atoms with E-state index < -0.39 is 17.8 Å². The van der Waals surface area contributed by atoms with Crippen molar-refractivity contribution in [2.45, 2.75) is 13.3 Å². The highest BCUT2D eigenvalue weighted by Gasteiger charge is 2.17. The van der Waals surface area contributed by atoms with Gasteiger partial charge in [0.2, 0.25) is 0 Å². The van der Waals surface area contributed by atoms with Crippen molar-refractivity contribution in [3.63, 3.8) is 0 Å². The number of aldehydes is 1. The van der Waals surface area contributed by atoms with Gasteiger partial charge in [0.15, 0.2) is 12.1 Å². The second-order valence-electron chi connectivity index (χ2n) is 2.45. The minimum Gasteiger partial charge on any atom is -0.296 e. The van der Waals surface area contributed by atoms with Gasteiger partial charge < -0.3 is 0 Å². The first-order valence-corrected chi connectivity index (χ1v) is 3.46. The van der Waals surface area contributed by atoms with Crippen LogP contribution >= 0.6 is 0 Å². The molecule has 1 aromatic rings. The fraction of sp³-hybridized carbons (Fsp3) is 0.250. The quantitative estimate of drug-likeness (QED) is 0.668. The van der Waals surface area contributed by atoms with Crippen molar-refractivity contribution in [3.05, 3.63) is 28.8 Å². The van der Waals surface area contributed by atoms with Crippen LogP contribution in [0.1, 0.15) is 28.2 Å². The molecule has 0 spiro atoms. The second-order valence-corrected chi connectivity index (χ2v) is 2.45. The zero-order chi connectivity index (χ0) is 10.0. The van der Waals surface area contributed by atoms with Crippen molar-refractivity contribution in [2.75, 3.05) is 0 Å². The molecule has 1 aromatic heterocycles. The molecule has 0 N–H and O–H groups in total. The largest absolute Gasteiger partial charge is 0.296 e. The van der Waals surface area contributed by atoms with E-state index in [-0.39, 0.29) is 11.4 Å². The third-order valence-electron chi connectivity index (χ3n) is 1.53. The lowest BCUT2D eigenvalue weighted by Crippen LogP contribution is -2.00. The smallest absolute Gasteiger partial charge is 0.266 e. The number of alkyl halides is 2. The zero-order valence-electron chi connectivity index (χ0n) is 6.72. The summed E-state index contributed by atoms with van der Waals surface area (Å²) >= 11 is 0. The van der Waals surface area contributed by atoms with E-state index in [2.05, 4.69) is 4.98 Å². The molecule has 5 heteroatoms. The van der Waals surface area contributed by atoms with Gasteiger partial charge in [-0.25, -0.2) is 18.2 Å². The van der Waals surface area contributed by atoms with Gasteiger partial charge in [-0.1, -0.05) is 0 Å². The van der Waals surface area contributed by atoms with Crippen LogP contribution in [-0.4, -0.2) is 11.3 Å². The normalized spacial score (nSPS) is 10.5. The Bertz CT molecular complexity index is 338. The summed E-state index contributed by atoms with van der Waals surface area (Å²) in [6.07, 6.45) is -2.63. The van der Waals surface area contributed by atoms with E-state index in [0.29, 0.717) is 6.29 Å². The van der Waals surface area contributed by atoms with Crippen LogP contribution in [0.25, 0.3) is 0 Å². The number of rotatable bonds is 2. The van der Waals surface area contributed by atoms with Gasteiger partial charge in [0, 0.05) is 0 Å². The molecule has 0 unspecified atom stereocenters. The summed E-state index contributed by atoms with van der Waals surface area (Å²) in [6.45, 7) is 1.23. The van der Waals surface area contributed by atoms with Gasteiger partial charge in [0.05, 0.1) is 11.3 Å². The lowest BCUT2D eigenvalue weighted by Gasteiger charge is -2.04. The first kappa shape index (κ1) is 9.70. The Kier molecular flexibility index (Phi) is 2.65. The highest BCUT2D eigenvalue weighted by Crippen LogP contribution is 2.23. The van der Waals surface area contributed by atoms with Crippen molar-refractivity contribution in [2.24, 2.45) is 0 Å². The van der Waals surface area contributed by atoms with E-state index in [4.69, 9.17) is 0 Å². The Balaban J connectivity index is 3.32. The number of nitrogens with zero attached hydrogens (tertiary/aromatic N) is 1. The van der Waals surface area contributed by atoms with E-state index >= 15 is 0 Å². The van der Waals surface area contributed by atoms with Gasteiger partial charge in [0.25, 0.3) is 6.43 Å². The molecule has 0 saturated carbocycles. The topological polar surface area (TPSA) is 30.0 Å². The molecular formula is C8H6F3NO. The molecule has 70 valence electrons. The van der Waals surface area contributed by atoms with Crippen LogP contribution in [-0.2, 0) is 0 Å². The zero-order valence-corrected chi connectivity index (χ0v) is 6.72. The minimum absolute atomic E-state index is 0.186. The minimum atomic E-state index is -2.93. The van der Waals surface area contributed by atoms with Crippen LogP contribution in [0.3, 0.4) is 0 Å². The van der Waals surface area contributed by atoms with Crippen LogP contribution in [0.2, 0.25) is 0 Å². The SMILES string of the molecule is Cc1nc(C=O)cc(C(F)F)c1F. The summed E-state index contributed by atoms with van der Waals surface area (Å²) in [5.74, 6) is -1.06. The molecule has 0 bridgehead atoms. The maximum atomic E-state index is 12.9. The Labute approximate surface area is 72.4 Å². The van der Waals surface area contributed by atoms with Crippen LogP contribution in [0.5, 0.6) is 0 Å². The Morgan fingerprint density at radius 3 is 2.62 bits per heavy atom. The first-order valence-electron chi connectivity index (χ1n) is 3.46. The monoisotopic (exact) mass is 189 g/mol. The second kappa shape index (κ2) is 3.55. The van der Waals surface area contributed by atoms with Crippen molar-refractivity contribution in [1.29, 1.82) is 0 Å². The average Bonchev–Trinajstić information content (AvgIpc) is 2.09. The Hall–Kier alpha value is -1.39. The van der Waals surface area contributed by atoms with Gasteiger partial charge in [-0.3, -0.25) is 4.79 Å². The van der Waals surface area contributed by atoms with Crippen molar-refractivity contribution < 1.29 is 18.0 Å². The lowest BCUT2D eigenvalue weighted by molar-refractivity contribution is 0.111. The summed E-state index contributed by atoms with van der Waals surface area (Å²) in [7, 11) is 0. The van der Waals surface area contributed by atoms with Crippen molar-refractivity contribution in [1.82, 2.24) is 4.98 Å². The number of aryl methyl sites for hydroxylation is 1. The molecule has 1 heterocycles. The van der Waals surface area contributed by atoms with Gasteiger partial charge in [0.1, 0.15) is 5.69 Å². The maximum Gasteiger partial charge on any atom is 0.266 e. The fourth-order valence-corrected chi connectivity index (χ4v) is 0.926. The predicted octanol–water partition coefficient (Wildman–Crippen LogP) is 2.28. The van der Waals surface area contributed by atoms with Gasteiger partial charge in [-0.15, -0.1) is 0 Å². The third kappa shape index (κ3) is 1.85. The summed E-state index contributed by atoms with van der Waals surface area (Å²) < 4.78 is 37.2. The van der Waals surface area contributed by atoms with E-state index in [1.807, 2.05) is 0 Å². The van der Waals surface area contributed by atoms with Crippen LogP contribution in [0.15, 0.2) is 6.07 Å². The molecule has 0 radical (unpaired) electrons. The molecule has 0 aliphatic heterocycles. The van der Waals surface area contributed by atoms with E-state index in [0.717, 1.165) is 6.07 Å². The summed E-state index contributed by atoms with van der Waals surface area (Å²) in [5, 5.41) is 0. The van der Waals surface area contributed by atoms with Crippen LogP contribution < -0.4 is 0 Å². The molecule has 0 atom stereocenters. The third-order valence-corrected chi connectivity index (χ3v) is 1.53. The van der Waals surface area contributed by atoms with Gasteiger partial charge in [-0.05, 0) is 13.0 Å². The molecular weight excluding hydrogens is 183 g/mol. The molecule has 0 aromatic carbocycles. The number of carbonyl (C=O) groups is 1. The summed E-state index contributed by atoms with van der Waals surface area (Å²) in [5.41, 5.74) is -1.16. The fourth-order valence-electron chi connectivity index (χ4n) is 0.926. The first-order chi connectivity index (χ1) is 6.06. The molecule has 0 saturated heterocycles. The summed E-state index contributed by atoms with van der Waals surface area (Å²) in [6, 6.07) is 0.750. The van der Waals surface area contributed by atoms with Crippen LogP contribution in [0, 0.1) is 12.7 Å². The Morgan fingerprint density at radius 2 is 2.15 bits per heavy atom. The lowest BCUT2D eigenvalue weighted by atomic mass is 10.2. The highest BCUT2D eigenvalue weighted by molar-refractivity contribution is 5.72. The summed E-state index contributed by atoms with van der Waals surface area (Å²) in [4.78, 5) is 13.7.